The molecule has 1 aromatic rings. The molecular formula is C12H21N5O2. The molecule has 7 nitrogen and oxygen atoms in total. The first-order chi connectivity index (χ1) is 8.92. The molecule has 0 fully saturated rings. The molecule has 1 rings (SSSR count). The highest BCUT2D eigenvalue weighted by molar-refractivity contribution is 6.00. The van der Waals surface area contributed by atoms with Crippen molar-refractivity contribution in [3.63, 3.8) is 0 Å². The molecule has 2 amide bonds. The minimum absolute atomic E-state index is 0.228. The van der Waals surface area contributed by atoms with E-state index in [1.807, 2.05) is 13.8 Å². The van der Waals surface area contributed by atoms with Gasteiger partial charge in [-0.2, -0.15) is 5.10 Å². The highest BCUT2D eigenvalue weighted by Crippen LogP contribution is 2.16. The predicted octanol–water partition coefficient (Wildman–Crippen LogP) is 0.0480. The second-order valence-electron chi connectivity index (χ2n) is 4.25. The molecule has 106 valence electrons. The summed E-state index contributed by atoms with van der Waals surface area (Å²) < 4.78 is 1.53. The Labute approximate surface area is 112 Å². The van der Waals surface area contributed by atoms with Crippen LogP contribution in [0.2, 0.25) is 0 Å². The van der Waals surface area contributed by atoms with Gasteiger partial charge in [-0.25, -0.2) is 0 Å². The number of anilines is 1. The second-order valence-corrected chi connectivity index (χ2v) is 4.25. The number of nitrogens with zero attached hydrogens (tertiary/aromatic N) is 2. The Hall–Kier alpha value is -2.05. The monoisotopic (exact) mass is 267 g/mol. The SMILES string of the molecule is CCNC(=O)C(C)NC(=O)c1c(N)c(C)nn1CC. The highest BCUT2D eigenvalue weighted by Gasteiger charge is 2.22. The third-order valence-electron chi connectivity index (χ3n) is 2.78. The van der Waals surface area contributed by atoms with Crippen molar-refractivity contribution in [1.29, 1.82) is 0 Å². The molecule has 1 aromatic heterocycles. The summed E-state index contributed by atoms with van der Waals surface area (Å²) in [7, 11) is 0. The Bertz CT molecular complexity index is 481. The number of nitrogen functional groups attached to an aromatic ring is 1. The van der Waals surface area contributed by atoms with Crippen molar-refractivity contribution < 1.29 is 9.59 Å². The van der Waals surface area contributed by atoms with Gasteiger partial charge in [-0.3, -0.25) is 14.3 Å². The fourth-order valence-corrected chi connectivity index (χ4v) is 1.72. The van der Waals surface area contributed by atoms with Crippen LogP contribution < -0.4 is 16.4 Å². The summed E-state index contributed by atoms with van der Waals surface area (Å²) in [6, 6.07) is -0.618. The third kappa shape index (κ3) is 3.24. The molecule has 1 atom stereocenters. The van der Waals surface area contributed by atoms with Crippen molar-refractivity contribution in [1.82, 2.24) is 20.4 Å². The summed E-state index contributed by atoms with van der Waals surface area (Å²) in [4.78, 5) is 23.7. The molecule has 0 aliphatic carbocycles. The fraction of sp³-hybridized carbons (Fsp3) is 0.583. The van der Waals surface area contributed by atoms with Gasteiger partial charge in [0.15, 0.2) is 0 Å². The smallest absolute Gasteiger partial charge is 0.272 e. The molecule has 0 radical (unpaired) electrons. The number of likely N-dealkylation sites (N-methyl/N-ethyl adjacent to an activating group) is 1. The number of hydrogen-bond donors (Lipinski definition) is 3. The minimum atomic E-state index is -0.618. The van der Waals surface area contributed by atoms with Crippen LogP contribution in [0.4, 0.5) is 5.69 Å². The number of hydrogen-bond acceptors (Lipinski definition) is 4. The quantitative estimate of drug-likeness (QED) is 0.701. The summed E-state index contributed by atoms with van der Waals surface area (Å²) in [5.41, 5.74) is 7.11. The van der Waals surface area contributed by atoms with E-state index in [-0.39, 0.29) is 5.91 Å². The van der Waals surface area contributed by atoms with E-state index in [0.717, 1.165) is 0 Å². The van der Waals surface area contributed by atoms with Gasteiger partial charge in [0, 0.05) is 13.1 Å². The Morgan fingerprint density at radius 2 is 2.05 bits per heavy atom. The zero-order valence-corrected chi connectivity index (χ0v) is 11.8. The van der Waals surface area contributed by atoms with Gasteiger partial charge < -0.3 is 16.4 Å². The molecule has 1 unspecified atom stereocenters. The van der Waals surface area contributed by atoms with Crippen LogP contribution >= 0.6 is 0 Å². The van der Waals surface area contributed by atoms with E-state index in [1.54, 1.807) is 13.8 Å². The number of nitrogens with one attached hydrogen (secondary N) is 2. The van der Waals surface area contributed by atoms with Gasteiger partial charge in [-0.1, -0.05) is 0 Å². The number of amides is 2. The Morgan fingerprint density at radius 3 is 2.58 bits per heavy atom. The molecule has 0 saturated carbocycles. The lowest BCUT2D eigenvalue weighted by Crippen LogP contribution is -2.45. The van der Waals surface area contributed by atoms with Crippen LogP contribution in [0.25, 0.3) is 0 Å². The first-order valence-corrected chi connectivity index (χ1v) is 6.33. The molecule has 0 aliphatic heterocycles. The van der Waals surface area contributed by atoms with Gasteiger partial charge in [0.2, 0.25) is 5.91 Å². The summed E-state index contributed by atoms with van der Waals surface area (Å²) in [6.07, 6.45) is 0. The molecule has 1 heterocycles. The molecule has 0 saturated heterocycles. The van der Waals surface area contributed by atoms with Gasteiger partial charge in [0.25, 0.3) is 5.91 Å². The lowest BCUT2D eigenvalue weighted by Gasteiger charge is -2.14. The van der Waals surface area contributed by atoms with E-state index in [0.29, 0.717) is 30.2 Å². The van der Waals surface area contributed by atoms with E-state index >= 15 is 0 Å². The van der Waals surface area contributed by atoms with Crippen LogP contribution in [-0.4, -0.2) is 34.2 Å². The number of nitrogens with two attached hydrogens (primary N) is 1. The Balaban J connectivity index is 2.87. The number of carbonyl (C=O) groups is 2. The van der Waals surface area contributed by atoms with Crippen molar-refractivity contribution in [3.8, 4) is 0 Å². The number of carbonyl (C=O) groups excluding carboxylic acids is 2. The van der Waals surface area contributed by atoms with Crippen LogP contribution in [0.3, 0.4) is 0 Å². The van der Waals surface area contributed by atoms with E-state index in [2.05, 4.69) is 15.7 Å². The third-order valence-corrected chi connectivity index (χ3v) is 2.78. The Morgan fingerprint density at radius 1 is 1.42 bits per heavy atom. The summed E-state index contributed by atoms with van der Waals surface area (Å²) in [5.74, 6) is -0.618. The number of rotatable bonds is 5. The second kappa shape index (κ2) is 6.21. The molecule has 0 aromatic carbocycles. The first kappa shape index (κ1) is 15.0. The molecule has 4 N–H and O–H groups in total. The topological polar surface area (TPSA) is 102 Å². The van der Waals surface area contributed by atoms with Crippen LogP contribution in [-0.2, 0) is 11.3 Å². The highest BCUT2D eigenvalue weighted by atomic mass is 16.2. The van der Waals surface area contributed by atoms with Gasteiger partial charge in [-0.05, 0) is 27.7 Å². The average molecular weight is 267 g/mol. The van der Waals surface area contributed by atoms with Crippen molar-refractivity contribution >= 4 is 17.5 Å². The Kier molecular flexibility index (Phi) is 4.91. The lowest BCUT2D eigenvalue weighted by molar-refractivity contribution is -0.122. The summed E-state index contributed by atoms with van der Waals surface area (Å²) in [6.45, 7) is 8.11. The largest absolute Gasteiger partial charge is 0.395 e. The van der Waals surface area contributed by atoms with Crippen LogP contribution in [0.1, 0.15) is 37.0 Å². The van der Waals surface area contributed by atoms with Crippen molar-refractivity contribution in [2.24, 2.45) is 0 Å². The first-order valence-electron chi connectivity index (χ1n) is 6.33. The number of aromatic nitrogens is 2. The van der Waals surface area contributed by atoms with Gasteiger partial charge in [0.05, 0.1) is 11.4 Å². The normalized spacial score (nSPS) is 12.0. The molecule has 0 aliphatic rings. The number of aryl methyl sites for hydroxylation is 2. The van der Waals surface area contributed by atoms with Crippen molar-refractivity contribution in [3.05, 3.63) is 11.4 Å². The molecular weight excluding hydrogens is 246 g/mol. The zero-order valence-electron chi connectivity index (χ0n) is 11.8. The summed E-state index contributed by atoms with van der Waals surface area (Å²) in [5, 5.41) is 9.43. The molecule has 19 heavy (non-hydrogen) atoms. The van der Waals surface area contributed by atoms with Gasteiger partial charge in [-0.15, -0.1) is 0 Å². The minimum Gasteiger partial charge on any atom is -0.395 e. The molecule has 0 bridgehead atoms. The van der Waals surface area contributed by atoms with Crippen molar-refractivity contribution in [2.45, 2.75) is 40.3 Å². The standard InChI is InChI=1S/C12H21N5O2/c1-5-14-11(18)8(4)15-12(19)10-9(13)7(3)16-17(10)6-2/h8H,5-6,13H2,1-4H3,(H,14,18)(H,15,19). The fourth-order valence-electron chi connectivity index (χ4n) is 1.72. The van der Waals surface area contributed by atoms with Crippen molar-refractivity contribution in [2.75, 3.05) is 12.3 Å². The maximum atomic E-state index is 12.1. The maximum Gasteiger partial charge on any atom is 0.272 e. The van der Waals surface area contributed by atoms with E-state index < -0.39 is 11.9 Å². The molecule has 7 heteroatoms. The maximum absolute atomic E-state index is 12.1. The van der Waals surface area contributed by atoms with E-state index in [9.17, 15) is 9.59 Å². The predicted molar refractivity (Wildman–Crippen MR) is 72.7 cm³/mol. The summed E-state index contributed by atoms with van der Waals surface area (Å²) >= 11 is 0. The van der Waals surface area contributed by atoms with E-state index in [4.69, 9.17) is 5.73 Å². The average Bonchev–Trinajstić information content (AvgIpc) is 2.65. The zero-order chi connectivity index (χ0) is 14.6. The van der Waals surface area contributed by atoms with Crippen LogP contribution in [0.15, 0.2) is 0 Å². The van der Waals surface area contributed by atoms with E-state index in [1.165, 1.54) is 4.68 Å². The van der Waals surface area contributed by atoms with Crippen LogP contribution in [0, 0.1) is 6.92 Å². The van der Waals surface area contributed by atoms with Gasteiger partial charge in [0.1, 0.15) is 11.7 Å². The lowest BCUT2D eigenvalue weighted by atomic mass is 10.2. The molecule has 0 spiro atoms. The van der Waals surface area contributed by atoms with Gasteiger partial charge >= 0.3 is 0 Å². The van der Waals surface area contributed by atoms with Crippen LogP contribution in [0.5, 0.6) is 0 Å².